The van der Waals surface area contributed by atoms with E-state index in [0.717, 1.165) is 30.1 Å². The highest BCUT2D eigenvalue weighted by Crippen LogP contribution is 2.18. The minimum atomic E-state index is 0.504. The molecule has 0 bridgehead atoms. The summed E-state index contributed by atoms with van der Waals surface area (Å²) in [6, 6.07) is 11.3. The predicted molar refractivity (Wildman–Crippen MR) is 78.8 cm³/mol. The van der Waals surface area contributed by atoms with Crippen LogP contribution in [0.5, 0.6) is 5.75 Å². The number of hydrogen-bond acceptors (Lipinski definition) is 3. The maximum atomic E-state index is 5.91. The second-order valence-electron chi connectivity index (χ2n) is 4.22. The van der Waals surface area contributed by atoms with Crippen LogP contribution in [0, 0.1) is 0 Å². The maximum Gasteiger partial charge on any atom is 0.126 e. The first-order chi connectivity index (χ1) is 9.28. The van der Waals surface area contributed by atoms with Crippen LogP contribution in [-0.2, 0) is 6.61 Å². The highest BCUT2D eigenvalue weighted by Gasteiger charge is 1.99. The molecule has 0 unspecified atom stereocenters. The van der Waals surface area contributed by atoms with E-state index >= 15 is 0 Å². The summed E-state index contributed by atoms with van der Waals surface area (Å²) in [5.74, 6) is 1.65. The van der Waals surface area contributed by atoms with Crippen LogP contribution in [0.25, 0.3) is 0 Å². The minimum Gasteiger partial charge on any atom is -0.489 e. The van der Waals surface area contributed by atoms with Gasteiger partial charge in [-0.3, -0.25) is 0 Å². The van der Waals surface area contributed by atoms with Crippen LogP contribution in [0.4, 0.5) is 5.82 Å². The third-order valence-corrected chi connectivity index (χ3v) is 2.82. The Morgan fingerprint density at radius 1 is 1.26 bits per heavy atom. The normalized spacial score (nSPS) is 10.2. The van der Waals surface area contributed by atoms with E-state index in [4.69, 9.17) is 16.3 Å². The fourth-order valence-corrected chi connectivity index (χ4v) is 1.82. The molecule has 0 radical (unpaired) electrons. The first-order valence-corrected chi connectivity index (χ1v) is 6.73. The summed E-state index contributed by atoms with van der Waals surface area (Å²) in [4.78, 5) is 4.26. The summed E-state index contributed by atoms with van der Waals surface area (Å²) in [7, 11) is 0. The monoisotopic (exact) mass is 276 g/mol. The summed E-state index contributed by atoms with van der Waals surface area (Å²) in [5.41, 5.74) is 1.08. The lowest BCUT2D eigenvalue weighted by Crippen LogP contribution is -2.03. The first kappa shape index (κ1) is 13.7. The lowest BCUT2D eigenvalue weighted by Gasteiger charge is -2.08. The predicted octanol–water partition coefficient (Wildman–Crippen LogP) is 4.14. The number of hydrogen-bond donors (Lipinski definition) is 1. The van der Waals surface area contributed by atoms with Crippen LogP contribution in [0.3, 0.4) is 0 Å². The molecule has 0 saturated carbocycles. The molecule has 0 amide bonds. The molecule has 1 aromatic carbocycles. The Kier molecular flexibility index (Phi) is 5.04. The van der Waals surface area contributed by atoms with Gasteiger partial charge in [0.1, 0.15) is 18.2 Å². The van der Waals surface area contributed by atoms with E-state index in [9.17, 15) is 0 Å². The van der Waals surface area contributed by atoms with Crippen molar-refractivity contribution in [2.75, 3.05) is 11.9 Å². The lowest BCUT2D eigenvalue weighted by atomic mass is 10.2. The Balaban J connectivity index is 1.95. The molecule has 0 fully saturated rings. The Morgan fingerprint density at radius 3 is 2.95 bits per heavy atom. The molecule has 4 heteroatoms. The summed E-state index contributed by atoms with van der Waals surface area (Å²) < 4.78 is 5.69. The van der Waals surface area contributed by atoms with Crippen LogP contribution in [0.1, 0.15) is 18.9 Å². The molecule has 1 N–H and O–H groups in total. The van der Waals surface area contributed by atoms with Gasteiger partial charge in [-0.15, -0.1) is 0 Å². The van der Waals surface area contributed by atoms with Gasteiger partial charge >= 0.3 is 0 Å². The molecule has 0 aliphatic rings. The molecular weight excluding hydrogens is 260 g/mol. The smallest absolute Gasteiger partial charge is 0.126 e. The molecule has 3 nitrogen and oxygen atoms in total. The molecule has 1 aromatic heterocycles. The van der Waals surface area contributed by atoms with Crippen LogP contribution in [0.15, 0.2) is 42.6 Å². The number of anilines is 1. The molecular formula is C15H17ClN2O. The molecule has 0 aliphatic carbocycles. The van der Waals surface area contributed by atoms with E-state index in [0.29, 0.717) is 11.6 Å². The second kappa shape index (κ2) is 7.00. The SMILES string of the molecule is CCCNc1cc(COc2cccc(Cl)c2)ccn1. The highest BCUT2D eigenvalue weighted by molar-refractivity contribution is 6.30. The molecule has 2 aromatic rings. The zero-order chi connectivity index (χ0) is 13.5. The number of nitrogens with one attached hydrogen (secondary N) is 1. The fraction of sp³-hybridized carbons (Fsp3) is 0.267. The van der Waals surface area contributed by atoms with Crippen LogP contribution in [0.2, 0.25) is 5.02 Å². The van der Waals surface area contributed by atoms with Gasteiger partial charge in [-0.2, -0.15) is 0 Å². The first-order valence-electron chi connectivity index (χ1n) is 6.35. The number of pyridine rings is 1. The Hall–Kier alpha value is -1.74. The van der Waals surface area contributed by atoms with Crippen molar-refractivity contribution in [3.8, 4) is 5.75 Å². The standard InChI is InChI=1S/C15H17ClN2O/c1-2-7-17-15-9-12(6-8-18-15)11-19-14-5-3-4-13(16)10-14/h3-6,8-10H,2,7,11H2,1H3,(H,17,18). The van der Waals surface area contributed by atoms with E-state index in [1.54, 1.807) is 12.3 Å². The summed E-state index contributed by atoms with van der Waals surface area (Å²) >= 11 is 5.91. The van der Waals surface area contributed by atoms with Crippen LogP contribution < -0.4 is 10.1 Å². The van der Waals surface area contributed by atoms with Crippen molar-refractivity contribution in [1.82, 2.24) is 4.98 Å². The molecule has 1 heterocycles. The van der Waals surface area contributed by atoms with E-state index in [1.165, 1.54) is 0 Å². The number of rotatable bonds is 6. The zero-order valence-corrected chi connectivity index (χ0v) is 11.7. The summed E-state index contributed by atoms with van der Waals surface area (Å²) in [6.07, 6.45) is 2.86. The Bertz CT molecular complexity index is 531. The van der Waals surface area contributed by atoms with Gasteiger partial charge in [0.15, 0.2) is 0 Å². The van der Waals surface area contributed by atoms with Gasteiger partial charge < -0.3 is 10.1 Å². The topological polar surface area (TPSA) is 34.1 Å². The summed E-state index contributed by atoms with van der Waals surface area (Å²) in [5, 5.41) is 3.93. The van der Waals surface area contributed by atoms with Crippen molar-refractivity contribution in [2.45, 2.75) is 20.0 Å². The van der Waals surface area contributed by atoms with E-state index in [-0.39, 0.29) is 0 Å². The quantitative estimate of drug-likeness (QED) is 0.861. The van der Waals surface area contributed by atoms with Gasteiger partial charge in [-0.05, 0) is 42.3 Å². The van der Waals surface area contributed by atoms with Crippen molar-refractivity contribution < 1.29 is 4.74 Å². The van der Waals surface area contributed by atoms with Gasteiger partial charge in [-0.1, -0.05) is 24.6 Å². The average molecular weight is 277 g/mol. The van der Waals surface area contributed by atoms with Gasteiger partial charge in [0.25, 0.3) is 0 Å². The molecule has 0 spiro atoms. The van der Waals surface area contributed by atoms with Crippen LogP contribution in [-0.4, -0.2) is 11.5 Å². The fourth-order valence-electron chi connectivity index (χ4n) is 1.64. The zero-order valence-electron chi connectivity index (χ0n) is 10.9. The number of aromatic nitrogens is 1. The molecule has 100 valence electrons. The number of benzene rings is 1. The van der Waals surface area contributed by atoms with Crippen molar-refractivity contribution in [2.24, 2.45) is 0 Å². The van der Waals surface area contributed by atoms with Gasteiger partial charge in [-0.25, -0.2) is 4.98 Å². The lowest BCUT2D eigenvalue weighted by molar-refractivity contribution is 0.306. The van der Waals surface area contributed by atoms with Crippen molar-refractivity contribution in [3.05, 3.63) is 53.2 Å². The maximum absolute atomic E-state index is 5.91. The Labute approximate surface area is 118 Å². The highest BCUT2D eigenvalue weighted by atomic mass is 35.5. The van der Waals surface area contributed by atoms with Crippen molar-refractivity contribution in [1.29, 1.82) is 0 Å². The Morgan fingerprint density at radius 2 is 2.16 bits per heavy atom. The molecule has 0 saturated heterocycles. The van der Waals surface area contributed by atoms with E-state index in [1.807, 2.05) is 30.3 Å². The third kappa shape index (κ3) is 4.45. The average Bonchev–Trinajstić information content (AvgIpc) is 2.43. The van der Waals surface area contributed by atoms with Gasteiger partial charge in [0.05, 0.1) is 0 Å². The largest absolute Gasteiger partial charge is 0.489 e. The summed E-state index contributed by atoms with van der Waals surface area (Å²) in [6.45, 7) is 3.55. The number of nitrogens with zero attached hydrogens (tertiary/aromatic N) is 1. The molecule has 19 heavy (non-hydrogen) atoms. The third-order valence-electron chi connectivity index (χ3n) is 2.58. The van der Waals surface area contributed by atoms with E-state index < -0.39 is 0 Å². The van der Waals surface area contributed by atoms with Crippen molar-refractivity contribution >= 4 is 17.4 Å². The van der Waals surface area contributed by atoms with E-state index in [2.05, 4.69) is 17.2 Å². The molecule has 2 rings (SSSR count). The van der Waals surface area contributed by atoms with Crippen LogP contribution >= 0.6 is 11.6 Å². The molecule has 0 atom stereocenters. The van der Waals surface area contributed by atoms with Gasteiger partial charge in [0, 0.05) is 17.8 Å². The van der Waals surface area contributed by atoms with Gasteiger partial charge in [0.2, 0.25) is 0 Å². The van der Waals surface area contributed by atoms with Crippen molar-refractivity contribution in [3.63, 3.8) is 0 Å². The molecule has 0 aliphatic heterocycles. The second-order valence-corrected chi connectivity index (χ2v) is 4.66. The number of halogens is 1. The number of ether oxygens (including phenoxy) is 1. The minimum absolute atomic E-state index is 0.504.